The quantitative estimate of drug-likeness (QED) is 0.872. The monoisotopic (exact) mass is 374 g/mol. The Morgan fingerprint density at radius 1 is 1.23 bits per heavy atom. The first-order chi connectivity index (χ1) is 12.4. The number of para-hydroxylation sites is 1. The Morgan fingerprint density at radius 3 is 2.69 bits per heavy atom. The lowest BCUT2D eigenvalue weighted by Crippen LogP contribution is -2.25. The Labute approximate surface area is 153 Å². The minimum Gasteiger partial charge on any atom is -0.493 e. The van der Waals surface area contributed by atoms with Crippen molar-refractivity contribution >= 4 is 27.3 Å². The molecule has 0 aromatic heterocycles. The second-order valence-corrected chi connectivity index (χ2v) is 8.14. The molecule has 1 amide bonds. The van der Waals surface area contributed by atoms with Crippen LogP contribution in [0.5, 0.6) is 5.75 Å². The largest absolute Gasteiger partial charge is 0.493 e. The van der Waals surface area contributed by atoms with Gasteiger partial charge in [-0.3, -0.25) is 9.10 Å². The number of carbonyl (C=O) groups is 1. The predicted octanol–water partition coefficient (Wildman–Crippen LogP) is 3.19. The van der Waals surface area contributed by atoms with Crippen molar-refractivity contribution in [3.8, 4) is 5.75 Å². The van der Waals surface area contributed by atoms with Crippen LogP contribution in [0.15, 0.2) is 42.5 Å². The van der Waals surface area contributed by atoms with Crippen LogP contribution in [0.4, 0.5) is 11.4 Å². The van der Waals surface area contributed by atoms with E-state index in [0.29, 0.717) is 42.3 Å². The number of aryl methyl sites for hydroxylation is 1. The number of nitrogens with zero attached hydrogens (tertiary/aromatic N) is 1. The molecule has 6 nitrogen and oxygen atoms in total. The topological polar surface area (TPSA) is 75.7 Å². The normalized spacial score (nSPS) is 15.7. The van der Waals surface area contributed by atoms with E-state index in [1.807, 2.05) is 26.0 Å². The fraction of sp³-hybridized carbons (Fsp3) is 0.316. The molecule has 0 saturated carbocycles. The minimum atomic E-state index is -3.26. The number of hydrogen-bond donors (Lipinski definition) is 1. The summed E-state index contributed by atoms with van der Waals surface area (Å²) in [6.07, 6.45) is 0.611. The molecule has 0 atom stereocenters. The van der Waals surface area contributed by atoms with Crippen LogP contribution in [0.3, 0.4) is 0 Å². The molecule has 1 fully saturated rings. The van der Waals surface area contributed by atoms with Gasteiger partial charge in [0.2, 0.25) is 10.0 Å². The van der Waals surface area contributed by atoms with Crippen molar-refractivity contribution in [3.05, 3.63) is 53.6 Å². The molecule has 0 aliphatic carbocycles. The molecular formula is C19H22N2O4S. The molecule has 2 aromatic carbocycles. The van der Waals surface area contributed by atoms with Crippen LogP contribution >= 0.6 is 0 Å². The van der Waals surface area contributed by atoms with Crippen LogP contribution in [-0.4, -0.2) is 33.2 Å². The summed E-state index contributed by atoms with van der Waals surface area (Å²) in [5, 5.41) is 2.88. The average Bonchev–Trinajstić information content (AvgIpc) is 2.97. The predicted molar refractivity (Wildman–Crippen MR) is 102 cm³/mol. The molecule has 2 aromatic rings. The number of sulfonamides is 1. The zero-order valence-corrected chi connectivity index (χ0v) is 15.7. The number of carbonyl (C=O) groups excluding carboxylic acids is 1. The van der Waals surface area contributed by atoms with E-state index in [4.69, 9.17) is 4.74 Å². The van der Waals surface area contributed by atoms with Crippen molar-refractivity contribution in [2.24, 2.45) is 0 Å². The Hall–Kier alpha value is -2.54. The molecule has 0 bridgehead atoms. The lowest BCUT2D eigenvalue weighted by molar-refractivity contribution is 0.102. The minimum absolute atomic E-state index is 0.157. The molecule has 1 aliphatic heterocycles. The number of benzene rings is 2. The first kappa shape index (κ1) is 18.3. The molecule has 138 valence electrons. The van der Waals surface area contributed by atoms with E-state index in [1.54, 1.807) is 30.3 Å². The maximum atomic E-state index is 12.7. The number of ether oxygens (including phenoxy) is 1. The standard InChI is InChI=1S/C19H22N2O4S/c1-3-25-18-8-5-4-7-16(18)19(22)20-17-13-15(10-9-14(17)2)21-11-6-12-26(21,23)24/h4-5,7-10,13H,3,6,11-12H2,1-2H3,(H,20,22). The van der Waals surface area contributed by atoms with E-state index in [2.05, 4.69) is 5.32 Å². The summed E-state index contributed by atoms with van der Waals surface area (Å²) >= 11 is 0. The Kier molecular flexibility index (Phi) is 5.18. The highest BCUT2D eigenvalue weighted by Crippen LogP contribution is 2.29. The first-order valence-corrected chi connectivity index (χ1v) is 10.2. The van der Waals surface area contributed by atoms with Gasteiger partial charge in [-0.1, -0.05) is 18.2 Å². The average molecular weight is 374 g/mol. The summed E-state index contributed by atoms with van der Waals surface area (Å²) in [5.74, 6) is 0.381. The summed E-state index contributed by atoms with van der Waals surface area (Å²) in [5.41, 5.74) is 2.45. The van der Waals surface area contributed by atoms with E-state index < -0.39 is 10.0 Å². The molecule has 1 N–H and O–H groups in total. The van der Waals surface area contributed by atoms with E-state index >= 15 is 0 Å². The van der Waals surface area contributed by atoms with Crippen molar-refractivity contribution in [2.45, 2.75) is 20.3 Å². The SMILES string of the molecule is CCOc1ccccc1C(=O)Nc1cc(N2CCCS2(=O)=O)ccc1C. The Balaban J connectivity index is 1.88. The highest BCUT2D eigenvalue weighted by Gasteiger charge is 2.28. The molecular weight excluding hydrogens is 352 g/mol. The molecule has 7 heteroatoms. The van der Waals surface area contributed by atoms with Gasteiger partial charge in [0.15, 0.2) is 0 Å². The number of nitrogens with one attached hydrogen (secondary N) is 1. The maximum absolute atomic E-state index is 12.7. The number of amides is 1. The summed E-state index contributed by atoms with van der Waals surface area (Å²) in [7, 11) is -3.26. The highest BCUT2D eigenvalue weighted by atomic mass is 32.2. The number of rotatable bonds is 5. The van der Waals surface area contributed by atoms with Gasteiger partial charge in [0.25, 0.3) is 5.91 Å². The van der Waals surface area contributed by atoms with Crippen LogP contribution < -0.4 is 14.4 Å². The van der Waals surface area contributed by atoms with Gasteiger partial charge in [-0.2, -0.15) is 0 Å². The molecule has 1 saturated heterocycles. The zero-order valence-electron chi connectivity index (χ0n) is 14.9. The molecule has 0 spiro atoms. The molecule has 0 unspecified atom stereocenters. The molecule has 0 radical (unpaired) electrons. The maximum Gasteiger partial charge on any atom is 0.259 e. The van der Waals surface area contributed by atoms with Crippen LogP contribution in [-0.2, 0) is 10.0 Å². The molecule has 26 heavy (non-hydrogen) atoms. The van der Waals surface area contributed by atoms with Gasteiger partial charge in [-0.15, -0.1) is 0 Å². The fourth-order valence-electron chi connectivity index (χ4n) is 2.95. The van der Waals surface area contributed by atoms with Crippen molar-refractivity contribution in [1.29, 1.82) is 0 Å². The summed E-state index contributed by atoms with van der Waals surface area (Å²) in [4.78, 5) is 12.7. The number of hydrogen-bond acceptors (Lipinski definition) is 4. The van der Waals surface area contributed by atoms with Crippen molar-refractivity contribution < 1.29 is 17.9 Å². The third-order valence-corrected chi connectivity index (χ3v) is 6.16. The van der Waals surface area contributed by atoms with Crippen LogP contribution in [0.1, 0.15) is 29.3 Å². The van der Waals surface area contributed by atoms with Gasteiger partial charge in [-0.25, -0.2) is 8.42 Å². The van der Waals surface area contributed by atoms with Crippen LogP contribution in [0.25, 0.3) is 0 Å². The van der Waals surface area contributed by atoms with Gasteiger partial charge < -0.3 is 10.1 Å². The van der Waals surface area contributed by atoms with Gasteiger partial charge in [-0.05, 0) is 50.1 Å². The fourth-order valence-corrected chi connectivity index (χ4v) is 4.51. The van der Waals surface area contributed by atoms with E-state index in [-0.39, 0.29) is 11.7 Å². The Morgan fingerprint density at radius 2 is 2.00 bits per heavy atom. The van der Waals surface area contributed by atoms with Crippen molar-refractivity contribution in [2.75, 3.05) is 28.5 Å². The van der Waals surface area contributed by atoms with Crippen LogP contribution in [0.2, 0.25) is 0 Å². The smallest absolute Gasteiger partial charge is 0.259 e. The lowest BCUT2D eigenvalue weighted by atomic mass is 10.1. The van der Waals surface area contributed by atoms with Gasteiger partial charge in [0.05, 0.1) is 23.6 Å². The van der Waals surface area contributed by atoms with Crippen molar-refractivity contribution in [1.82, 2.24) is 0 Å². The lowest BCUT2D eigenvalue weighted by Gasteiger charge is -2.19. The summed E-state index contributed by atoms with van der Waals surface area (Å²) in [6.45, 7) is 4.66. The third-order valence-electron chi connectivity index (χ3n) is 4.29. The zero-order chi connectivity index (χ0) is 18.7. The molecule has 3 rings (SSSR count). The summed E-state index contributed by atoms with van der Waals surface area (Å²) < 4.78 is 31.2. The van der Waals surface area contributed by atoms with Gasteiger partial charge >= 0.3 is 0 Å². The van der Waals surface area contributed by atoms with E-state index in [9.17, 15) is 13.2 Å². The first-order valence-electron chi connectivity index (χ1n) is 8.56. The second-order valence-electron chi connectivity index (χ2n) is 6.12. The van der Waals surface area contributed by atoms with Gasteiger partial charge in [0, 0.05) is 12.2 Å². The molecule has 1 aliphatic rings. The van der Waals surface area contributed by atoms with E-state index in [0.717, 1.165) is 5.56 Å². The van der Waals surface area contributed by atoms with E-state index in [1.165, 1.54) is 4.31 Å². The summed E-state index contributed by atoms with van der Waals surface area (Å²) in [6, 6.07) is 12.3. The second kappa shape index (κ2) is 7.37. The molecule has 1 heterocycles. The van der Waals surface area contributed by atoms with Crippen molar-refractivity contribution in [3.63, 3.8) is 0 Å². The Bertz CT molecular complexity index is 925. The van der Waals surface area contributed by atoms with Gasteiger partial charge in [0.1, 0.15) is 5.75 Å². The highest BCUT2D eigenvalue weighted by molar-refractivity contribution is 7.93. The van der Waals surface area contributed by atoms with Crippen LogP contribution in [0, 0.1) is 6.92 Å². The number of anilines is 2. The third kappa shape index (κ3) is 3.67.